The number of halogens is 3. The second-order valence-electron chi connectivity index (χ2n) is 5.87. The predicted octanol–water partition coefficient (Wildman–Crippen LogP) is 3.91. The number of nitrogens with zero attached hydrogens (tertiary/aromatic N) is 1. The molecule has 0 spiro atoms. The van der Waals surface area contributed by atoms with Crippen LogP contribution < -0.4 is 4.72 Å². The molecular formula is C14H21F3N2OS. The molecule has 3 nitrogen and oxygen atoms in total. The maximum Gasteiger partial charge on any atom is 0.416 e. The largest absolute Gasteiger partial charge is 0.416 e. The molecule has 0 amide bonds. The van der Waals surface area contributed by atoms with Gasteiger partial charge >= 0.3 is 6.18 Å². The van der Waals surface area contributed by atoms with E-state index in [9.17, 15) is 17.4 Å². The van der Waals surface area contributed by atoms with Gasteiger partial charge in [0.15, 0.2) is 0 Å². The van der Waals surface area contributed by atoms with Gasteiger partial charge in [0, 0.05) is 23.5 Å². The van der Waals surface area contributed by atoms with Crippen LogP contribution in [0.2, 0.25) is 0 Å². The van der Waals surface area contributed by atoms with Crippen LogP contribution in [0.15, 0.2) is 12.3 Å². The Morgan fingerprint density at radius 3 is 2.33 bits per heavy atom. The summed E-state index contributed by atoms with van der Waals surface area (Å²) in [6.45, 7) is 8.56. The predicted molar refractivity (Wildman–Crippen MR) is 78.0 cm³/mol. The molecule has 1 rings (SSSR count). The number of hydrogen-bond donors (Lipinski definition) is 1. The van der Waals surface area contributed by atoms with Crippen LogP contribution in [0.4, 0.5) is 13.2 Å². The fourth-order valence-electron chi connectivity index (χ4n) is 1.77. The third-order valence-corrected chi connectivity index (χ3v) is 4.58. The highest BCUT2D eigenvalue weighted by molar-refractivity contribution is 7.84. The highest BCUT2D eigenvalue weighted by Gasteiger charge is 2.36. The second kappa shape index (κ2) is 6.44. The highest BCUT2D eigenvalue weighted by Crippen LogP contribution is 2.35. The summed E-state index contributed by atoms with van der Waals surface area (Å²) in [5, 5.41) is 0. The van der Waals surface area contributed by atoms with E-state index in [0.717, 1.165) is 6.07 Å². The lowest BCUT2D eigenvalue weighted by atomic mass is 10.0. The van der Waals surface area contributed by atoms with E-state index in [1.165, 1.54) is 13.1 Å². The van der Waals surface area contributed by atoms with Gasteiger partial charge in [-0.05, 0) is 40.2 Å². The van der Waals surface area contributed by atoms with Crippen LogP contribution in [0.5, 0.6) is 0 Å². The van der Waals surface area contributed by atoms with Crippen molar-refractivity contribution in [1.29, 1.82) is 0 Å². The summed E-state index contributed by atoms with van der Waals surface area (Å²) in [7, 11) is -1.45. The molecule has 2 atom stereocenters. The zero-order valence-corrected chi connectivity index (χ0v) is 13.7. The molecule has 21 heavy (non-hydrogen) atoms. The molecular weight excluding hydrogens is 301 g/mol. The minimum absolute atomic E-state index is 0.0354. The molecule has 2 unspecified atom stereocenters. The van der Waals surface area contributed by atoms with E-state index < -0.39 is 33.5 Å². The van der Waals surface area contributed by atoms with Crippen molar-refractivity contribution >= 4 is 11.0 Å². The second-order valence-corrected chi connectivity index (χ2v) is 7.87. The van der Waals surface area contributed by atoms with Gasteiger partial charge in [-0.15, -0.1) is 0 Å². The third-order valence-electron chi connectivity index (χ3n) is 2.97. The molecule has 1 N–H and O–H groups in total. The first kappa shape index (κ1) is 18.1. The van der Waals surface area contributed by atoms with Crippen molar-refractivity contribution in [1.82, 2.24) is 9.71 Å². The molecule has 0 aliphatic heterocycles. The molecule has 0 bridgehead atoms. The smallest absolute Gasteiger partial charge is 0.261 e. The monoisotopic (exact) mass is 322 g/mol. The molecule has 1 aromatic heterocycles. The summed E-state index contributed by atoms with van der Waals surface area (Å²) in [5.41, 5.74) is -0.383. The maximum absolute atomic E-state index is 13.2. The van der Waals surface area contributed by atoms with E-state index in [4.69, 9.17) is 0 Å². The summed E-state index contributed by atoms with van der Waals surface area (Å²) in [5.74, 6) is 0. The van der Waals surface area contributed by atoms with Gasteiger partial charge in [0.05, 0.1) is 21.3 Å². The molecule has 1 heterocycles. The van der Waals surface area contributed by atoms with E-state index in [1.807, 2.05) is 0 Å². The van der Waals surface area contributed by atoms with Crippen molar-refractivity contribution in [3.05, 3.63) is 29.1 Å². The standard InChI is InChI=1S/C14H21F3N2OS/c1-6-12(19-21(20)13(3,4)5)10-8-18-9(2)7-11(10)14(15,16)17/h7-8,12,19H,6H2,1-5H3. The topological polar surface area (TPSA) is 42.0 Å². The summed E-state index contributed by atoms with van der Waals surface area (Å²) in [4.78, 5) is 3.95. The van der Waals surface area contributed by atoms with Gasteiger partial charge in [0.2, 0.25) is 0 Å². The van der Waals surface area contributed by atoms with Crippen molar-refractivity contribution in [3.63, 3.8) is 0 Å². The van der Waals surface area contributed by atoms with Gasteiger partial charge in [-0.25, -0.2) is 8.93 Å². The number of alkyl halides is 3. The van der Waals surface area contributed by atoms with Crippen LogP contribution in [0.25, 0.3) is 0 Å². The van der Waals surface area contributed by atoms with Gasteiger partial charge in [-0.1, -0.05) is 6.92 Å². The van der Waals surface area contributed by atoms with Crippen LogP contribution in [0.1, 0.15) is 57.0 Å². The first-order valence-corrected chi connectivity index (χ1v) is 7.83. The number of aromatic nitrogens is 1. The Bertz CT molecular complexity index is 524. The van der Waals surface area contributed by atoms with Gasteiger partial charge in [0.1, 0.15) is 0 Å². The van der Waals surface area contributed by atoms with Gasteiger partial charge in [0.25, 0.3) is 0 Å². The Morgan fingerprint density at radius 2 is 1.90 bits per heavy atom. The number of aryl methyl sites for hydroxylation is 1. The Morgan fingerprint density at radius 1 is 1.33 bits per heavy atom. The van der Waals surface area contributed by atoms with Crippen molar-refractivity contribution in [2.45, 2.75) is 58.0 Å². The average molecular weight is 322 g/mol. The van der Waals surface area contributed by atoms with Crippen molar-refractivity contribution in [2.24, 2.45) is 0 Å². The molecule has 0 aromatic carbocycles. The van der Waals surface area contributed by atoms with Crippen molar-refractivity contribution in [3.8, 4) is 0 Å². The Balaban J connectivity index is 3.21. The Labute approximate surface area is 125 Å². The first-order valence-electron chi connectivity index (χ1n) is 6.68. The molecule has 1 aromatic rings. The maximum atomic E-state index is 13.2. The van der Waals surface area contributed by atoms with E-state index in [-0.39, 0.29) is 5.56 Å². The third kappa shape index (κ3) is 4.78. The SMILES string of the molecule is CCC(NS(=O)C(C)(C)C)c1cnc(C)cc1C(F)(F)F. The zero-order chi connectivity index (χ0) is 16.4. The Hall–Kier alpha value is -0.950. The molecule has 0 saturated carbocycles. The Kier molecular flexibility index (Phi) is 5.55. The minimum Gasteiger partial charge on any atom is -0.261 e. The first-order chi connectivity index (χ1) is 9.46. The molecule has 0 saturated heterocycles. The van der Waals surface area contributed by atoms with Crippen LogP contribution in [0, 0.1) is 6.92 Å². The quantitative estimate of drug-likeness (QED) is 0.913. The van der Waals surface area contributed by atoms with E-state index in [1.54, 1.807) is 27.7 Å². The van der Waals surface area contributed by atoms with E-state index in [2.05, 4.69) is 9.71 Å². The van der Waals surface area contributed by atoms with Crippen LogP contribution in [0.3, 0.4) is 0 Å². The van der Waals surface area contributed by atoms with Gasteiger partial charge in [-0.3, -0.25) is 4.98 Å². The molecule has 0 aliphatic carbocycles. The number of rotatable bonds is 4. The molecule has 7 heteroatoms. The summed E-state index contributed by atoms with van der Waals surface area (Å²) < 4.78 is 53.9. The zero-order valence-electron chi connectivity index (χ0n) is 12.8. The van der Waals surface area contributed by atoms with Crippen molar-refractivity contribution in [2.75, 3.05) is 0 Å². The van der Waals surface area contributed by atoms with E-state index >= 15 is 0 Å². The average Bonchev–Trinajstić information content (AvgIpc) is 2.33. The summed E-state index contributed by atoms with van der Waals surface area (Å²) in [6.07, 6.45) is -2.85. The molecule has 120 valence electrons. The molecule has 0 fully saturated rings. The number of hydrogen-bond acceptors (Lipinski definition) is 2. The highest BCUT2D eigenvalue weighted by atomic mass is 32.2. The minimum atomic E-state index is -4.46. The lowest BCUT2D eigenvalue weighted by molar-refractivity contribution is -0.138. The van der Waals surface area contributed by atoms with Gasteiger partial charge < -0.3 is 0 Å². The number of nitrogens with one attached hydrogen (secondary N) is 1. The lowest BCUT2D eigenvalue weighted by Gasteiger charge is -2.25. The summed E-state index contributed by atoms with van der Waals surface area (Å²) in [6, 6.07) is 0.370. The fraction of sp³-hybridized carbons (Fsp3) is 0.643. The van der Waals surface area contributed by atoms with Crippen LogP contribution >= 0.6 is 0 Å². The molecule has 0 aliphatic rings. The fourth-order valence-corrected chi connectivity index (χ4v) is 2.67. The lowest BCUT2D eigenvalue weighted by Crippen LogP contribution is -2.36. The van der Waals surface area contributed by atoms with E-state index in [0.29, 0.717) is 12.1 Å². The normalized spacial score (nSPS) is 15.8. The molecule has 0 radical (unpaired) electrons. The number of pyridine rings is 1. The summed E-state index contributed by atoms with van der Waals surface area (Å²) >= 11 is 0. The van der Waals surface area contributed by atoms with Crippen LogP contribution in [-0.4, -0.2) is 13.9 Å². The van der Waals surface area contributed by atoms with Crippen LogP contribution in [-0.2, 0) is 17.2 Å². The van der Waals surface area contributed by atoms with Gasteiger partial charge in [-0.2, -0.15) is 13.2 Å². The van der Waals surface area contributed by atoms with Crippen molar-refractivity contribution < 1.29 is 17.4 Å².